The highest BCUT2D eigenvalue weighted by molar-refractivity contribution is 7.89. The van der Waals surface area contributed by atoms with Crippen molar-refractivity contribution in [2.75, 3.05) is 6.54 Å². The Kier molecular flexibility index (Phi) is 4.52. The van der Waals surface area contributed by atoms with E-state index in [4.69, 9.17) is 33.5 Å². The summed E-state index contributed by atoms with van der Waals surface area (Å²) in [5.41, 5.74) is 5.09. The Bertz CT molecular complexity index is 879. The maximum atomic E-state index is 13.0. The van der Waals surface area contributed by atoms with Crippen LogP contribution in [0.15, 0.2) is 27.6 Å². The number of primary amides is 1. The third kappa shape index (κ3) is 2.88. The number of carbonyl (C=O) groups excluding carboxylic acids is 1. The first kappa shape index (κ1) is 17.2. The average molecular weight is 391 g/mol. The molecule has 2 heterocycles. The van der Waals surface area contributed by atoms with Crippen LogP contribution in [-0.2, 0) is 10.0 Å². The van der Waals surface area contributed by atoms with Gasteiger partial charge in [-0.2, -0.15) is 9.29 Å². The SMILES string of the molecule is NC(=O)c1noc([C@H]2CCCN2S(=O)(=O)c2c(Cl)cccc2Cl)n1. The molecule has 0 radical (unpaired) electrons. The molecule has 1 aliphatic rings. The minimum absolute atomic E-state index is 0.00745. The lowest BCUT2D eigenvalue weighted by Crippen LogP contribution is -2.31. The summed E-state index contributed by atoms with van der Waals surface area (Å²) in [6.45, 7) is 0.239. The lowest BCUT2D eigenvalue weighted by molar-refractivity contribution is 0.0987. The van der Waals surface area contributed by atoms with E-state index in [1.165, 1.54) is 16.4 Å². The zero-order chi connectivity index (χ0) is 17.5. The summed E-state index contributed by atoms with van der Waals surface area (Å²) in [6.07, 6.45) is 1.04. The molecule has 1 amide bonds. The molecule has 2 aromatic rings. The van der Waals surface area contributed by atoms with Gasteiger partial charge in [0.15, 0.2) is 0 Å². The zero-order valence-corrected chi connectivity index (χ0v) is 14.5. The Morgan fingerprint density at radius 3 is 2.58 bits per heavy atom. The van der Waals surface area contributed by atoms with E-state index in [-0.39, 0.29) is 33.2 Å². The quantitative estimate of drug-likeness (QED) is 0.851. The standard InChI is InChI=1S/C13H12Cl2N4O4S/c14-7-3-1-4-8(15)10(7)24(21,22)19-6-2-5-9(19)13-17-12(11(16)20)18-23-13/h1,3-4,9H,2,5-6H2,(H2,16,20)/t9-/m1/s1. The smallest absolute Gasteiger partial charge is 0.290 e. The number of hydrogen-bond acceptors (Lipinski definition) is 6. The van der Waals surface area contributed by atoms with E-state index in [1.807, 2.05) is 0 Å². The first-order chi connectivity index (χ1) is 11.3. The topological polar surface area (TPSA) is 119 Å². The van der Waals surface area contributed by atoms with Crippen molar-refractivity contribution in [3.63, 3.8) is 0 Å². The van der Waals surface area contributed by atoms with Gasteiger partial charge in [-0.05, 0) is 25.0 Å². The van der Waals surface area contributed by atoms with Crippen LogP contribution >= 0.6 is 23.2 Å². The maximum Gasteiger partial charge on any atom is 0.290 e. The monoisotopic (exact) mass is 390 g/mol. The van der Waals surface area contributed by atoms with Crippen LogP contribution in [0.1, 0.15) is 35.4 Å². The predicted octanol–water partition coefficient (Wildman–Crippen LogP) is 2.00. The molecule has 2 N–H and O–H groups in total. The third-order valence-electron chi connectivity index (χ3n) is 3.64. The Hall–Kier alpha value is -1.68. The number of nitrogens with zero attached hydrogens (tertiary/aromatic N) is 3. The molecule has 1 fully saturated rings. The van der Waals surface area contributed by atoms with E-state index in [1.54, 1.807) is 6.07 Å². The van der Waals surface area contributed by atoms with E-state index in [0.717, 1.165) is 0 Å². The van der Waals surface area contributed by atoms with Crippen molar-refractivity contribution in [1.82, 2.24) is 14.4 Å². The molecule has 24 heavy (non-hydrogen) atoms. The van der Waals surface area contributed by atoms with Crippen LogP contribution in [0.3, 0.4) is 0 Å². The fraction of sp³-hybridized carbons (Fsp3) is 0.308. The van der Waals surface area contributed by atoms with Crippen LogP contribution in [0.2, 0.25) is 10.0 Å². The number of aromatic nitrogens is 2. The minimum Gasteiger partial charge on any atom is -0.363 e. The number of nitrogens with two attached hydrogens (primary N) is 1. The molecular formula is C13H12Cl2N4O4S. The number of sulfonamides is 1. The first-order valence-electron chi connectivity index (χ1n) is 6.91. The van der Waals surface area contributed by atoms with Gasteiger partial charge in [-0.3, -0.25) is 4.79 Å². The van der Waals surface area contributed by atoms with E-state index in [2.05, 4.69) is 10.1 Å². The summed E-state index contributed by atoms with van der Waals surface area (Å²) < 4.78 is 32.1. The minimum atomic E-state index is -3.98. The molecule has 8 nitrogen and oxygen atoms in total. The molecule has 0 bridgehead atoms. The summed E-state index contributed by atoms with van der Waals surface area (Å²) in [5, 5.41) is 3.50. The Morgan fingerprint density at radius 1 is 1.33 bits per heavy atom. The molecule has 1 aromatic heterocycles. The van der Waals surface area contributed by atoms with Crippen LogP contribution in [0, 0.1) is 0 Å². The second kappa shape index (κ2) is 6.32. The van der Waals surface area contributed by atoms with Gasteiger partial charge in [0.25, 0.3) is 11.7 Å². The Balaban J connectivity index is 2.02. The van der Waals surface area contributed by atoms with Crippen LogP contribution in [0.25, 0.3) is 0 Å². The molecule has 0 spiro atoms. The molecule has 1 atom stereocenters. The summed E-state index contributed by atoms with van der Waals surface area (Å²) in [4.78, 5) is 14.8. The van der Waals surface area contributed by atoms with E-state index < -0.39 is 22.0 Å². The van der Waals surface area contributed by atoms with Crippen LogP contribution in [-0.4, -0.2) is 35.3 Å². The number of benzene rings is 1. The molecule has 1 aromatic carbocycles. The van der Waals surface area contributed by atoms with Gasteiger partial charge in [-0.1, -0.05) is 34.4 Å². The largest absolute Gasteiger partial charge is 0.363 e. The van der Waals surface area contributed by atoms with Crippen molar-refractivity contribution < 1.29 is 17.7 Å². The predicted molar refractivity (Wildman–Crippen MR) is 85.1 cm³/mol. The van der Waals surface area contributed by atoms with Crippen molar-refractivity contribution in [3.05, 3.63) is 40.0 Å². The van der Waals surface area contributed by atoms with Crippen LogP contribution < -0.4 is 5.73 Å². The first-order valence-corrected chi connectivity index (χ1v) is 9.11. The van der Waals surface area contributed by atoms with Crippen LogP contribution in [0.5, 0.6) is 0 Å². The molecule has 1 saturated heterocycles. The van der Waals surface area contributed by atoms with Gasteiger partial charge < -0.3 is 10.3 Å². The fourth-order valence-corrected chi connectivity index (χ4v) is 5.34. The summed E-state index contributed by atoms with van der Waals surface area (Å²) in [7, 11) is -3.98. The maximum absolute atomic E-state index is 13.0. The molecular weight excluding hydrogens is 379 g/mol. The highest BCUT2D eigenvalue weighted by Gasteiger charge is 2.41. The van der Waals surface area contributed by atoms with Gasteiger partial charge in [-0.25, -0.2) is 8.42 Å². The summed E-state index contributed by atoms with van der Waals surface area (Å²) in [5.74, 6) is -1.15. The molecule has 1 aliphatic heterocycles. The molecule has 128 valence electrons. The molecule has 0 saturated carbocycles. The normalized spacial score (nSPS) is 18.8. The summed E-state index contributed by atoms with van der Waals surface area (Å²) >= 11 is 12.1. The van der Waals surface area contributed by atoms with Crippen molar-refractivity contribution in [1.29, 1.82) is 0 Å². The van der Waals surface area contributed by atoms with Gasteiger partial charge in [0, 0.05) is 6.54 Å². The van der Waals surface area contributed by atoms with Gasteiger partial charge in [0.1, 0.15) is 10.9 Å². The van der Waals surface area contributed by atoms with E-state index in [9.17, 15) is 13.2 Å². The Labute approximate surface area is 147 Å². The molecule has 11 heteroatoms. The van der Waals surface area contributed by atoms with Crippen molar-refractivity contribution in [2.45, 2.75) is 23.8 Å². The summed E-state index contributed by atoms with van der Waals surface area (Å²) in [6, 6.07) is 3.75. The van der Waals surface area contributed by atoms with E-state index >= 15 is 0 Å². The zero-order valence-electron chi connectivity index (χ0n) is 12.1. The highest BCUT2D eigenvalue weighted by atomic mass is 35.5. The van der Waals surface area contributed by atoms with Gasteiger partial charge in [0.05, 0.1) is 10.0 Å². The van der Waals surface area contributed by atoms with Gasteiger partial charge in [0.2, 0.25) is 15.9 Å². The van der Waals surface area contributed by atoms with E-state index in [0.29, 0.717) is 12.8 Å². The van der Waals surface area contributed by atoms with Crippen molar-refractivity contribution >= 4 is 39.1 Å². The second-order valence-corrected chi connectivity index (χ2v) is 7.79. The average Bonchev–Trinajstić information content (AvgIpc) is 3.16. The van der Waals surface area contributed by atoms with Crippen LogP contribution in [0.4, 0.5) is 0 Å². The number of hydrogen-bond donors (Lipinski definition) is 1. The second-order valence-electron chi connectivity index (χ2n) is 5.15. The molecule has 0 unspecified atom stereocenters. The molecule has 0 aliphatic carbocycles. The van der Waals surface area contributed by atoms with Gasteiger partial charge in [-0.15, -0.1) is 0 Å². The Morgan fingerprint density at radius 2 is 2.00 bits per heavy atom. The van der Waals surface area contributed by atoms with Gasteiger partial charge >= 0.3 is 0 Å². The lowest BCUT2D eigenvalue weighted by atomic mass is 10.2. The fourth-order valence-electron chi connectivity index (χ4n) is 2.59. The lowest BCUT2D eigenvalue weighted by Gasteiger charge is -2.22. The van der Waals surface area contributed by atoms with Crippen molar-refractivity contribution in [2.24, 2.45) is 5.73 Å². The van der Waals surface area contributed by atoms with Crippen molar-refractivity contribution in [3.8, 4) is 0 Å². The number of halogens is 2. The number of rotatable bonds is 4. The number of carbonyl (C=O) groups is 1. The number of amides is 1. The molecule has 3 rings (SSSR count). The third-order valence-corrected chi connectivity index (χ3v) is 6.50. The highest BCUT2D eigenvalue weighted by Crippen LogP contribution is 2.39.